The summed E-state index contributed by atoms with van der Waals surface area (Å²) in [7, 11) is 1.93. The summed E-state index contributed by atoms with van der Waals surface area (Å²) in [5.41, 5.74) is 4.14. The normalized spacial score (nSPS) is 10.6. The Morgan fingerprint density at radius 3 is 2.75 bits per heavy atom. The molecule has 0 amide bonds. The van der Waals surface area contributed by atoms with Crippen molar-refractivity contribution >= 4 is 23.0 Å². The van der Waals surface area contributed by atoms with Crippen LogP contribution in [0, 0.1) is 6.92 Å². The minimum Gasteiger partial charge on any atom is -0.357 e. The van der Waals surface area contributed by atoms with Crippen LogP contribution in [0.1, 0.15) is 17.0 Å². The molecule has 2 aromatic heterocycles. The first-order chi connectivity index (χ1) is 11.6. The Morgan fingerprint density at radius 2 is 2.04 bits per heavy atom. The lowest BCUT2D eigenvalue weighted by Gasteiger charge is -2.07. The molecule has 3 rings (SSSR count). The number of hydrogen-bond donors (Lipinski definition) is 2. The van der Waals surface area contributed by atoms with Gasteiger partial charge in [-0.3, -0.25) is 9.36 Å². The van der Waals surface area contributed by atoms with E-state index in [1.54, 1.807) is 6.20 Å². The Bertz CT molecular complexity index is 801. The van der Waals surface area contributed by atoms with Gasteiger partial charge in [-0.25, -0.2) is 0 Å². The lowest BCUT2D eigenvalue weighted by atomic mass is 10.2. The van der Waals surface area contributed by atoms with Gasteiger partial charge in [-0.1, -0.05) is 30.3 Å². The predicted molar refractivity (Wildman–Crippen MR) is 98.8 cm³/mol. The van der Waals surface area contributed by atoms with Crippen LogP contribution in [-0.2, 0) is 20.1 Å². The van der Waals surface area contributed by atoms with Crippen molar-refractivity contribution in [2.45, 2.75) is 20.0 Å². The second-order valence-electron chi connectivity index (χ2n) is 5.62. The summed E-state index contributed by atoms with van der Waals surface area (Å²) in [6, 6.07) is 12.2. The van der Waals surface area contributed by atoms with Crippen molar-refractivity contribution in [3.05, 3.63) is 65.7 Å². The maximum absolute atomic E-state index is 5.32. The molecule has 0 spiro atoms. The van der Waals surface area contributed by atoms with Gasteiger partial charge in [-0.15, -0.1) is 0 Å². The number of nitrogens with one attached hydrogen (secondary N) is 2. The number of hydrogen-bond acceptors (Lipinski definition) is 3. The molecule has 0 aliphatic carbocycles. The summed E-state index contributed by atoms with van der Waals surface area (Å²) >= 11 is 5.32. The fourth-order valence-electron chi connectivity index (χ4n) is 2.35. The fraction of sp³-hybridized carbons (Fsp3) is 0.235. The maximum atomic E-state index is 5.32. The quantitative estimate of drug-likeness (QED) is 0.699. The van der Waals surface area contributed by atoms with Crippen molar-refractivity contribution in [3.8, 4) is 0 Å². The molecule has 7 heteroatoms. The summed E-state index contributed by atoms with van der Waals surface area (Å²) in [4.78, 5) is 0. The molecule has 3 aromatic rings. The lowest BCUT2D eigenvalue weighted by Crippen LogP contribution is -2.27. The molecule has 24 heavy (non-hydrogen) atoms. The third kappa shape index (κ3) is 4.20. The molecule has 0 aliphatic rings. The highest BCUT2D eigenvalue weighted by Crippen LogP contribution is 2.08. The highest BCUT2D eigenvalue weighted by atomic mass is 32.1. The molecule has 0 unspecified atom stereocenters. The molecule has 0 aliphatic heterocycles. The third-order valence-corrected chi connectivity index (χ3v) is 3.92. The van der Waals surface area contributed by atoms with Gasteiger partial charge in [-0.05, 0) is 30.8 Å². The van der Waals surface area contributed by atoms with Crippen LogP contribution in [-0.4, -0.2) is 24.7 Å². The molecular formula is C17H20N6S. The van der Waals surface area contributed by atoms with E-state index in [1.807, 2.05) is 53.8 Å². The van der Waals surface area contributed by atoms with E-state index in [1.165, 1.54) is 5.56 Å². The Labute approximate surface area is 146 Å². The summed E-state index contributed by atoms with van der Waals surface area (Å²) < 4.78 is 3.73. The van der Waals surface area contributed by atoms with Crippen molar-refractivity contribution in [1.82, 2.24) is 24.9 Å². The van der Waals surface area contributed by atoms with E-state index in [0.717, 1.165) is 23.6 Å². The molecule has 0 fully saturated rings. The van der Waals surface area contributed by atoms with E-state index in [-0.39, 0.29) is 0 Å². The summed E-state index contributed by atoms with van der Waals surface area (Å²) in [6.07, 6.45) is 3.70. The van der Waals surface area contributed by atoms with E-state index in [4.69, 9.17) is 12.2 Å². The molecule has 0 saturated heterocycles. The number of anilines is 1. The number of nitrogens with zero attached hydrogens (tertiary/aromatic N) is 4. The molecule has 0 saturated carbocycles. The van der Waals surface area contributed by atoms with E-state index in [9.17, 15) is 0 Å². The van der Waals surface area contributed by atoms with Crippen LogP contribution in [0.3, 0.4) is 0 Å². The van der Waals surface area contributed by atoms with Gasteiger partial charge in [-0.2, -0.15) is 10.2 Å². The second-order valence-corrected chi connectivity index (χ2v) is 6.03. The highest BCUT2D eigenvalue weighted by molar-refractivity contribution is 7.80. The van der Waals surface area contributed by atoms with Crippen LogP contribution in [0.15, 0.2) is 48.8 Å². The number of benzene rings is 1. The molecule has 0 atom stereocenters. The second kappa shape index (κ2) is 7.27. The largest absolute Gasteiger partial charge is 0.357 e. The Balaban J connectivity index is 1.51. The van der Waals surface area contributed by atoms with Gasteiger partial charge in [0.1, 0.15) is 0 Å². The first-order valence-electron chi connectivity index (χ1n) is 7.71. The number of aromatic nitrogens is 4. The van der Waals surface area contributed by atoms with Gasteiger partial charge in [0.15, 0.2) is 5.11 Å². The smallest absolute Gasteiger partial charge is 0.171 e. The van der Waals surface area contributed by atoms with Crippen molar-refractivity contribution < 1.29 is 0 Å². The van der Waals surface area contributed by atoms with Gasteiger partial charge in [0.2, 0.25) is 0 Å². The van der Waals surface area contributed by atoms with Gasteiger partial charge < -0.3 is 10.6 Å². The molecule has 6 nitrogen and oxygen atoms in total. The van der Waals surface area contributed by atoms with Crippen molar-refractivity contribution in [2.75, 3.05) is 5.32 Å². The van der Waals surface area contributed by atoms with Crippen molar-refractivity contribution in [2.24, 2.45) is 7.05 Å². The minimum atomic E-state index is 0.553. The average Bonchev–Trinajstić information content (AvgIpc) is 3.13. The fourth-order valence-corrected chi connectivity index (χ4v) is 2.54. The van der Waals surface area contributed by atoms with Crippen LogP contribution < -0.4 is 10.6 Å². The highest BCUT2D eigenvalue weighted by Gasteiger charge is 2.04. The van der Waals surface area contributed by atoms with Crippen LogP contribution in [0.4, 0.5) is 5.69 Å². The zero-order valence-electron chi connectivity index (χ0n) is 13.7. The van der Waals surface area contributed by atoms with Crippen molar-refractivity contribution in [3.63, 3.8) is 0 Å². The molecule has 2 N–H and O–H groups in total. The zero-order valence-corrected chi connectivity index (χ0v) is 14.5. The number of aryl methyl sites for hydroxylation is 2. The Morgan fingerprint density at radius 1 is 1.25 bits per heavy atom. The average molecular weight is 340 g/mol. The van der Waals surface area contributed by atoms with Crippen LogP contribution in [0.25, 0.3) is 0 Å². The standard InChI is InChI=1S/C17H20N6S/c1-13-8-15(21-22(13)2)9-18-17(24)20-16-10-19-23(12-16)11-14-6-4-3-5-7-14/h3-8,10,12H,9,11H2,1-2H3,(H2,18,20,24). The lowest BCUT2D eigenvalue weighted by molar-refractivity contribution is 0.687. The van der Waals surface area contributed by atoms with E-state index in [0.29, 0.717) is 11.7 Å². The van der Waals surface area contributed by atoms with Crippen LogP contribution in [0.5, 0.6) is 0 Å². The molecule has 2 heterocycles. The predicted octanol–water partition coefficient (Wildman–Crippen LogP) is 2.46. The number of thiocarbonyl (C=S) groups is 1. The first-order valence-corrected chi connectivity index (χ1v) is 8.12. The molecular weight excluding hydrogens is 320 g/mol. The number of rotatable bonds is 5. The molecule has 1 aromatic carbocycles. The van der Waals surface area contributed by atoms with Crippen LogP contribution >= 0.6 is 12.2 Å². The van der Waals surface area contributed by atoms with Gasteiger partial charge >= 0.3 is 0 Å². The monoisotopic (exact) mass is 340 g/mol. The molecule has 0 bridgehead atoms. The summed E-state index contributed by atoms with van der Waals surface area (Å²) in [5.74, 6) is 0. The Hall–Kier alpha value is -2.67. The minimum absolute atomic E-state index is 0.553. The summed E-state index contributed by atoms with van der Waals surface area (Å²) in [5, 5.41) is 15.6. The first kappa shape index (κ1) is 16.2. The topological polar surface area (TPSA) is 59.7 Å². The van der Waals surface area contributed by atoms with Crippen LogP contribution in [0.2, 0.25) is 0 Å². The van der Waals surface area contributed by atoms with Gasteiger partial charge in [0.05, 0.1) is 30.7 Å². The molecule has 0 radical (unpaired) electrons. The van der Waals surface area contributed by atoms with E-state index in [2.05, 4.69) is 33.0 Å². The SMILES string of the molecule is Cc1cc(CNC(=S)Nc2cnn(Cc3ccccc3)c2)nn1C. The maximum Gasteiger partial charge on any atom is 0.171 e. The van der Waals surface area contributed by atoms with E-state index < -0.39 is 0 Å². The van der Waals surface area contributed by atoms with Gasteiger partial charge in [0.25, 0.3) is 0 Å². The third-order valence-electron chi connectivity index (χ3n) is 3.67. The molecule has 124 valence electrons. The zero-order chi connectivity index (χ0) is 16.9. The van der Waals surface area contributed by atoms with E-state index >= 15 is 0 Å². The Kier molecular flexibility index (Phi) is 4.90. The van der Waals surface area contributed by atoms with Crippen molar-refractivity contribution in [1.29, 1.82) is 0 Å². The van der Waals surface area contributed by atoms with Gasteiger partial charge in [0, 0.05) is 18.9 Å². The summed E-state index contributed by atoms with van der Waals surface area (Å²) in [6.45, 7) is 3.34.